The van der Waals surface area contributed by atoms with Crippen LogP contribution in [-0.2, 0) is 9.53 Å². The zero-order chi connectivity index (χ0) is 20.8. The highest BCUT2D eigenvalue weighted by atomic mass is 19.1. The van der Waals surface area contributed by atoms with Gasteiger partial charge in [0.25, 0.3) is 5.91 Å². The predicted molar refractivity (Wildman–Crippen MR) is 110 cm³/mol. The molecule has 0 aromatic heterocycles. The van der Waals surface area contributed by atoms with Gasteiger partial charge in [0, 0.05) is 11.3 Å². The second-order valence-electron chi connectivity index (χ2n) is 6.97. The van der Waals surface area contributed by atoms with Crippen molar-refractivity contribution in [2.24, 2.45) is 0 Å². The molecular weight excluding hydrogens is 369 g/mol. The van der Waals surface area contributed by atoms with Crippen LogP contribution in [0.25, 0.3) is 0 Å². The molecule has 29 heavy (non-hydrogen) atoms. The van der Waals surface area contributed by atoms with Crippen molar-refractivity contribution in [2.45, 2.75) is 25.9 Å². The molecule has 1 amide bonds. The van der Waals surface area contributed by atoms with Gasteiger partial charge < -0.3 is 10.1 Å². The van der Waals surface area contributed by atoms with E-state index in [4.69, 9.17) is 4.74 Å². The van der Waals surface area contributed by atoms with E-state index in [1.807, 2.05) is 18.2 Å². The zero-order valence-electron chi connectivity index (χ0n) is 16.3. The Morgan fingerprint density at radius 2 is 1.45 bits per heavy atom. The van der Waals surface area contributed by atoms with Crippen molar-refractivity contribution >= 4 is 17.6 Å². The summed E-state index contributed by atoms with van der Waals surface area (Å²) in [6, 6.07) is 21.3. The molecule has 0 heterocycles. The minimum absolute atomic E-state index is 0.346. The number of nitrogens with one attached hydrogen (secondary N) is 1. The van der Waals surface area contributed by atoms with Crippen molar-refractivity contribution in [1.29, 1.82) is 0 Å². The van der Waals surface area contributed by atoms with Crippen LogP contribution in [0.2, 0.25) is 0 Å². The Morgan fingerprint density at radius 1 is 0.828 bits per heavy atom. The highest BCUT2D eigenvalue weighted by molar-refractivity contribution is 5.98. The number of hydrogen-bond acceptors (Lipinski definition) is 3. The lowest BCUT2D eigenvalue weighted by atomic mass is 10.0. The summed E-state index contributed by atoms with van der Waals surface area (Å²) in [6.45, 7) is 4.14. The van der Waals surface area contributed by atoms with E-state index in [0.717, 1.165) is 5.56 Å². The molecule has 3 aromatic carbocycles. The minimum Gasteiger partial charge on any atom is -0.444 e. The van der Waals surface area contributed by atoms with Crippen LogP contribution in [-0.4, -0.2) is 11.9 Å². The van der Waals surface area contributed by atoms with Gasteiger partial charge in [-0.3, -0.25) is 4.79 Å². The first kappa shape index (κ1) is 20.3. The van der Waals surface area contributed by atoms with Gasteiger partial charge in [-0.1, -0.05) is 56.3 Å². The van der Waals surface area contributed by atoms with Gasteiger partial charge in [0.05, 0.1) is 5.56 Å². The minimum atomic E-state index is -1.14. The van der Waals surface area contributed by atoms with E-state index in [-0.39, 0.29) is 0 Å². The quantitative estimate of drug-likeness (QED) is 0.566. The molecule has 4 nitrogen and oxygen atoms in total. The molecule has 0 fully saturated rings. The van der Waals surface area contributed by atoms with Crippen LogP contribution in [0.3, 0.4) is 0 Å². The lowest BCUT2D eigenvalue weighted by Gasteiger charge is -2.18. The molecule has 0 saturated carbocycles. The van der Waals surface area contributed by atoms with Gasteiger partial charge in [-0.15, -0.1) is 0 Å². The highest BCUT2D eigenvalue weighted by Gasteiger charge is 2.26. The van der Waals surface area contributed by atoms with Crippen LogP contribution in [0.5, 0.6) is 0 Å². The maximum atomic E-state index is 13.1. The van der Waals surface area contributed by atoms with Crippen molar-refractivity contribution in [3.63, 3.8) is 0 Å². The van der Waals surface area contributed by atoms with Gasteiger partial charge in [0.1, 0.15) is 5.82 Å². The number of hydrogen-bond donors (Lipinski definition) is 1. The van der Waals surface area contributed by atoms with Gasteiger partial charge in [0.15, 0.2) is 0 Å². The van der Waals surface area contributed by atoms with Crippen molar-refractivity contribution in [2.75, 3.05) is 5.32 Å². The summed E-state index contributed by atoms with van der Waals surface area (Å²) >= 11 is 0. The average molecular weight is 391 g/mol. The van der Waals surface area contributed by atoms with Gasteiger partial charge in [-0.2, -0.15) is 0 Å². The maximum absolute atomic E-state index is 13.1. The summed E-state index contributed by atoms with van der Waals surface area (Å²) in [5.74, 6) is -1.17. The second kappa shape index (κ2) is 9.15. The number of carbonyl (C=O) groups is 2. The SMILES string of the molecule is CC(C)c1ccc(C(=O)O[C@H](C(=O)Nc2ccc(F)cc2)c2ccccc2)cc1. The van der Waals surface area contributed by atoms with E-state index >= 15 is 0 Å². The van der Waals surface area contributed by atoms with Crippen LogP contribution in [0.1, 0.15) is 47.4 Å². The molecule has 3 aromatic rings. The fourth-order valence-electron chi connectivity index (χ4n) is 2.82. The molecule has 3 rings (SSSR count). The van der Waals surface area contributed by atoms with Gasteiger partial charge in [-0.25, -0.2) is 9.18 Å². The summed E-state index contributed by atoms with van der Waals surface area (Å²) in [7, 11) is 0. The smallest absolute Gasteiger partial charge is 0.339 e. The lowest BCUT2D eigenvalue weighted by Crippen LogP contribution is -2.26. The first-order valence-electron chi connectivity index (χ1n) is 9.36. The third-order valence-electron chi connectivity index (χ3n) is 4.49. The fourth-order valence-corrected chi connectivity index (χ4v) is 2.82. The topological polar surface area (TPSA) is 55.4 Å². The van der Waals surface area contributed by atoms with Crippen LogP contribution in [0.4, 0.5) is 10.1 Å². The Morgan fingerprint density at radius 3 is 2.03 bits per heavy atom. The van der Waals surface area contributed by atoms with E-state index in [9.17, 15) is 14.0 Å². The lowest BCUT2D eigenvalue weighted by molar-refractivity contribution is -0.125. The van der Waals surface area contributed by atoms with Gasteiger partial charge in [0.2, 0.25) is 6.10 Å². The normalized spacial score (nSPS) is 11.7. The molecular formula is C24H22FNO3. The highest BCUT2D eigenvalue weighted by Crippen LogP contribution is 2.23. The third-order valence-corrected chi connectivity index (χ3v) is 4.49. The van der Waals surface area contributed by atoms with Crippen molar-refractivity contribution in [3.8, 4) is 0 Å². The molecule has 0 aliphatic rings. The molecule has 0 radical (unpaired) electrons. The molecule has 0 aliphatic carbocycles. The number of anilines is 1. The summed E-state index contributed by atoms with van der Waals surface area (Å²) in [5.41, 5.74) is 2.43. The Kier molecular flexibility index (Phi) is 6.39. The maximum Gasteiger partial charge on any atom is 0.339 e. The number of rotatable bonds is 6. The van der Waals surface area contributed by atoms with Crippen LogP contribution in [0.15, 0.2) is 78.9 Å². The molecule has 148 valence electrons. The van der Waals surface area contributed by atoms with Crippen molar-refractivity contribution in [1.82, 2.24) is 0 Å². The number of carbonyl (C=O) groups excluding carboxylic acids is 2. The number of amides is 1. The molecule has 0 aliphatic heterocycles. The monoisotopic (exact) mass is 391 g/mol. The van der Waals surface area contributed by atoms with Gasteiger partial charge in [-0.05, 0) is 47.9 Å². The predicted octanol–water partition coefficient (Wildman–Crippen LogP) is 5.49. The van der Waals surface area contributed by atoms with Crippen molar-refractivity contribution < 1.29 is 18.7 Å². The number of esters is 1. The van der Waals surface area contributed by atoms with Crippen LogP contribution >= 0.6 is 0 Å². The Hall–Kier alpha value is -3.47. The van der Waals surface area contributed by atoms with E-state index in [1.54, 1.807) is 36.4 Å². The second-order valence-corrected chi connectivity index (χ2v) is 6.97. The van der Waals surface area contributed by atoms with E-state index in [2.05, 4.69) is 19.2 Å². The fraction of sp³-hybridized carbons (Fsp3) is 0.167. The zero-order valence-corrected chi connectivity index (χ0v) is 16.3. The third kappa shape index (κ3) is 5.29. The molecule has 0 spiro atoms. The van der Waals surface area contributed by atoms with E-state index in [1.165, 1.54) is 24.3 Å². The summed E-state index contributed by atoms with van der Waals surface area (Å²) < 4.78 is 18.7. The largest absolute Gasteiger partial charge is 0.444 e. The van der Waals surface area contributed by atoms with E-state index in [0.29, 0.717) is 22.7 Å². The molecule has 0 unspecified atom stereocenters. The molecule has 1 atom stereocenters. The number of ether oxygens (including phenoxy) is 1. The Balaban J connectivity index is 1.81. The van der Waals surface area contributed by atoms with Crippen LogP contribution in [0, 0.1) is 5.82 Å². The van der Waals surface area contributed by atoms with Crippen LogP contribution < -0.4 is 5.32 Å². The first-order chi connectivity index (χ1) is 13.9. The molecule has 1 N–H and O–H groups in total. The number of halogens is 1. The standard InChI is InChI=1S/C24H22FNO3/c1-16(2)17-8-10-19(11-9-17)24(28)29-22(18-6-4-3-5-7-18)23(27)26-21-14-12-20(25)13-15-21/h3-16,22H,1-2H3,(H,26,27)/t22-/m0/s1. The van der Waals surface area contributed by atoms with E-state index < -0.39 is 23.8 Å². The summed E-state index contributed by atoms with van der Waals surface area (Å²) in [5, 5.41) is 2.67. The van der Waals surface area contributed by atoms with Gasteiger partial charge >= 0.3 is 5.97 Å². The summed E-state index contributed by atoms with van der Waals surface area (Å²) in [4.78, 5) is 25.5. The number of benzene rings is 3. The molecule has 0 bridgehead atoms. The average Bonchev–Trinajstić information content (AvgIpc) is 2.74. The molecule has 5 heteroatoms. The van der Waals surface area contributed by atoms with Crippen molar-refractivity contribution in [3.05, 3.63) is 101 Å². The Labute approximate surface area is 169 Å². The molecule has 0 saturated heterocycles. The first-order valence-corrected chi connectivity index (χ1v) is 9.36. The summed E-state index contributed by atoms with van der Waals surface area (Å²) in [6.07, 6.45) is -1.14. The Bertz CT molecular complexity index is 967.